The van der Waals surface area contributed by atoms with Gasteiger partial charge < -0.3 is 10.4 Å². The lowest BCUT2D eigenvalue weighted by molar-refractivity contribution is 0.267. The molecule has 0 bridgehead atoms. The number of hydrogen-bond donors (Lipinski definition) is 2. The molecule has 25 heavy (non-hydrogen) atoms. The van der Waals surface area contributed by atoms with Crippen LogP contribution in [0.1, 0.15) is 48.2 Å². The maximum atomic E-state index is 9.19. The van der Waals surface area contributed by atoms with Gasteiger partial charge in [-0.2, -0.15) is 5.10 Å². The molecule has 1 unspecified atom stereocenters. The van der Waals surface area contributed by atoms with Crippen LogP contribution in [0, 0.1) is 19.8 Å². The number of benzene rings is 1. The Labute approximate surface area is 151 Å². The summed E-state index contributed by atoms with van der Waals surface area (Å²) in [5.74, 6) is 0.772. The smallest absolute Gasteiger partial charge is 0.0644 e. The van der Waals surface area contributed by atoms with Crippen LogP contribution in [0.4, 0.5) is 0 Å². The average Bonchev–Trinajstić information content (AvgIpc) is 3.23. The molecule has 136 valence electrons. The van der Waals surface area contributed by atoms with Gasteiger partial charge in [0.2, 0.25) is 0 Å². The van der Waals surface area contributed by atoms with Crippen LogP contribution in [-0.2, 0) is 19.5 Å². The molecule has 2 N–H and O–H groups in total. The molecule has 1 saturated carbocycles. The van der Waals surface area contributed by atoms with Crippen LogP contribution in [0.5, 0.6) is 0 Å². The van der Waals surface area contributed by atoms with E-state index in [1.54, 1.807) is 0 Å². The highest BCUT2D eigenvalue weighted by Crippen LogP contribution is 2.29. The first kappa shape index (κ1) is 18.2. The summed E-state index contributed by atoms with van der Waals surface area (Å²) in [5, 5.41) is 17.6. The normalized spacial score (nSPS) is 16.4. The Morgan fingerprint density at radius 2 is 1.92 bits per heavy atom. The van der Waals surface area contributed by atoms with Gasteiger partial charge in [0.15, 0.2) is 0 Å². The van der Waals surface area contributed by atoms with E-state index in [1.165, 1.54) is 42.5 Å². The molecule has 0 spiro atoms. The number of hydrogen-bond acceptors (Lipinski definition) is 3. The molecule has 4 nitrogen and oxygen atoms in total. The van der Waals surface area contributed by atoms with Crippen molar-refractivity contribution in [1.29, 1.82) is 0 Å². The van der Waals surface area contributed by atoms with E-state index < -0.39 is 0 Å². The zero-order valence-corrected chi connectivity index (χ0v) is 15.5. The number of nitrogens with zero attached hydrogens (tertiary/aromatic N) is 2. The molecule has 1 aliphatic rings. The zero-order chi connectivity index (χ0) is 17.6. The Balaban J connectivity index is 1.70. The first-order valence-electron chi connectivity index (χ1n) is 9.60. The molecule has 3 rings (SSSR count). The minimum absolute atomic E-state index is 0.132. The number of nitrogens with one attached hydrogen (secondary N) is 1. The largest absolute Gasteiger partial charge is 0.394 e. The molecular weight excluding hydrogens is 310 g/mol. The van der Waals surface area contributed by atoms with Crippen LogP contribution in [0.2, 0.25) is 0 Å². The van der Waals surface area contributed by atoms with E-state index in [-0.39, 0.29) is 6.61 Å². The second-order valence-electron chi connectivity index (χ2n) is 7.32. The summed E-state index contributed by atoms with van der Waals surface area (Å²) < 4.78 is 1.92. The average molecular weight is 341 g/mol. The monoisotopic (exact) mass is 341 g/mol. The van der Waals surface area contributed by atoms with Gasteiger partial charge in [-0.25, -0.2) is 0 Å². The Morgan fingerprint density at radius 3 is 2.60 bits per heavy atom. The third-order valence-electron chi connectivity index (χ3n) is 5.65. The van der Waals surface area contributed by atoms with Crippen molar-refractivity contribution in [3.63, 3.8) is 0 Å². The molecule has 0 saturated heterocycles. The summed E-state index contributed by atoms with van der Waals surface area (Å²) in [6.07, 6.45) is 6.50. The zero-order valence-electron chi connectivity index (χ0n) is 15.5. The summed E-state index contributed by atoms with van der Waals surface area (Å²) in [6, 6.07) is 11.3. The van der Waals surface area contributed by atoms with Crippen molar-refractivity contribution in [2.24, 2.45) is 5.92 Å². The van der Waals surface area contributed by atoms with Crippen LogP contribution in [-0.4, -0.2) is 27.5 Å². The lowest BCUT2D eigenvalue weighted by Crippen LogP contribution is -2.37. The summed E-state index contributed by atoms with van der Waals surface area (Å²) in [5.41, 5.74) is 4.94. The van der Waals surface area contributed by atoms with Gasteiger partial charge in [0.25, 0.3) is 0 Å². The number of aliphatic hydroxyl groups excluding tert-OH is 1. The van der Waals surface area contributed by atoms with E-state index in [9.17, 15) is 5.11 Å². The fourth-order valence-electron chi connectivity index (χ4n) is 4.17. The molecule has 0 radical (unpaired) electrons. The van der Waals surface area contributed by atoms with Crippen LogP contribution in [0.15, 0.2) is 30.3 Å². The Morgan fingerprint density at radius 1 is 1.20 bits per heavy atom. The van der Waals surface area contributed by atoms with Gasteiger partial charge in [-0.3, -0.25) is 4.68 Å². The van der Waals surface area contributed by atoms with Gasteiger partial charge in [-0.05, 0) is 44.6 Å². The minimum Gasteiger partial charge on any atom is -0.394 e. The lowest BCUT2D eigenvalue weighted by atomic mass is 9.92. The highest BCUT2D eigenvalue weighted by molar-refractivity contribution is 5.24. The molecule has 1 fully saturated rings. The molecule has 1 aliphatic carbocycles. The molecule has 1 aromatic heterocycles. The maximum Gasteiger partial charge on any atom is 0.0644 e. The van der Waals surface area contributed by atoms with E-state index >= 15 is 0 Å². The van der Waals surface area contributed by atoms with Crippen LogP contribution in [0.25, 0.3) is 0 Å². The topological polar surface area (TPSA) is 50.1 Å². The second kappa shape index (κ2) is 8.63. The van der Waals surface area contributed by atoms with E-state index in [1.807, 2.05) is 4.68 Å². The predicted octanol–water partition coefficient (Wildman–Crippen LogP) is 3.38. The molecule has 2 aromatic rings. The van der Waals surface area contributed by atoms with Crippen LogP contribution < -0.4 is 5.32 Å². The molecule has 1 heterocycles. The number of rotatable bonds is 8. The van der Waals surface area contributed by atoms with Crippen molar-refractivity contribution in [3.05, 3.63) is 52.8 Å². The van der Waals surface area contributed by atoms with Gasteiger partial charge in [-0.15, -0.1) is 0 Å². The van der Waals surface area contributed by atoms with Crippen LogP contribution >= 0.6 is 0 Å². The van der Waals surface area contributed by atoms with Gasteiger partial charge in [0.05, 0.1) is 18.8 Å². The molecular formula is C21H31N3O. The van der Waals surface area contributed by atoms with Gasteiger partial charge in [0, 0.05) is 23.8 Å². The molecule has 0 aliphatic heterocycles. The summed E-state index contributed by atoms with van der Waals surface area (Å²) in [4.78, 5) is 0. The van der Waals surface area contributed by atoms with Gasteiger partial charge >= 0.3 is 0 Å². The quantitative estimate of drug-likeness (QED) is 0.774. The fraction of sp³-hybridized carbons (Fsp3) is 0.571. The summed E-state index contributed by atoms with van der Waals surface area (Å²) >= 11 is 0. The van der Waals surface area contributed by atoms with E-state index in [4.69, 9.17) is 0 Å². The first-order chi connectivity index (χ1) is 12.2. The van der Waals surface area contributed by atoms with E-state index in [2.05, 4.69) is 54.6 Å². The number of aryl methyl sites for hydroxylation is 1. The Bertz CT molecular complexity index is 659. The van der Waals surface area contributed by atoms with E-state index in [0.717, 1.165) is 24.6 Å². The Kier molecular flexibility index (Phi) is 6.27. The van der Waals surface area contributed by atoms with Crippen molar-refractivity contribution >= 4 is 0 Å². The third kappa shape index (κ3) is 4.50. The molecule has 1 aromatic carbocycles. The fourth-order valence-corrected chi connectivity index (χ4v) is 4.17. The van der Waals surface area contributed by atoms with Crippen molar-refractivity contribution in [2.45, 2.75) is 65.1 Å². The van der Waals surface area contributed by atoms with Crippen molar-refractivity contribution in [1.82, 2.24) is 15.1 Å². The maximum absolute atomic E-state index is 9.19. The summed E-state index contributed by atoms with van der Waals surface area (Å²) in [7, 11) is 0. The standard InChI is InChI=1S/C21H31N3O/c1-16-20(17(2)24(23-16)12-13-25)15-22-21(19-10-6-7-11-19)14-18-8-4-3-5-9-18/h3-5,8-9,19,21-22,25H,6-7,10-15H2,1-2H3. The highest BCUT2D eigenvalue weighted by Gasteiger charge is 2.25. The SMILES string of the molecule is Cc1nn(CCO)c(C)c1CNC(Cc1ccccc1)C1CCCC1. The molecule has 4 heteroatoms. The van der Waals surface area contributed by atoms with E-state index in [0.29, 0.717) is 12.6 Å². The second-order valence-corrected chi connectivity index (χ2v) is 7.32. The van der Waals surface area contributed by atoms with Gasteiger partial charge in [0.1, 0.15) is 0 Å². The Hall–Kier alpha value is -1.65. The molecule has 0 amide bonds. The van der Waals surface area contributed by atoms with Crippen molar-refractivity contribution in [2.75, 3.05) is 6.61 Å². The van der Waals surface area contributed by atoms with Crippen molar-refractivity contribution < 1.29 is 5.11 Å². The predicted molar refractivity (Wildman–Crippen MR) is 102 cm³/mol. The van der Waals surface area contributed by atoms with Crippen LogP contribution in [0.3, 0.4) is 0 Å². The minimum atomic E-state index is 0.132. The summed E-state index contributed by atoms with van der Waals surface area (Å²) in [6.45, 7) is 5.74. The van der Waals surface area contributed by atoms with Crippen molar-refractivity contribution in [3.8, 4) is 0 Å². The van der Waals surface area contributed by atoms with Gasteiger partial charge in [-0.1, -0.05) is 43.2 Å². The number of aliphatic hydroxyl groups is 1. The highest BCUT2D eigenvalue weighted by atomic mass is 16.3. The number of aromatic nitrogens is 2. The molecule has 1 atom stereocenters. The third-order valence-corrected chi connectivity index (χ3v) is 5.65. The first-order valence-corrected chi connectivity index (χ1v) is 9.60. The lowest BCUT2D eigenvalue weighted by Gasteiger charge is -2.25.